The maximum absolute atomic E-state index is 14.1. The number of anilines is 1. The number of nitrogens with zero attached hydrogens (tertiary/aromatic N) is 4. The Kier molecular flexibility index (Phi) is 17.6. The van der Waals surface area contributed by atoms with E-state index in [1.54, 1.807) is 29.6 Å². The Morgan fingerprint density at radius 1 is 1.04 bits per heavy atom. The fourth-order valence-electron chi connectivity index (χ4n) is 6.92. The summed E-state index contributed by atoms with van der Waals surface area (Å²) in [5.41, 5.74) is 6.64. The molecule has 0 bridgehead atoms. The van der Waals surface area contributed by atoms with Gasteiger partial charge in [0.05, 0.1) is 55.0 Å². The molecule has 2 unspecified atom stereocenters. The minimum atomic E-state index is -4.56. The number of nitrogen functional groups attached to an aromatic ring is 1. The van der Waals surface area contributed by atoms with E-state index < -0.39 is 37.6 Å². The van der Waals surface area contributed by atoms with Crippen molar-refractivity contribution in [3.8, 4) is 6.07 Å². The van der Waals surface area contributed by atoms with Crippen LogP contribution in [0, 0.1) is 17.1 Å². The maximum Gasteiger partial charge on any atom is 0.472 e. The quantitative estimate of drug-likeness (QED) is 0.0527. The van der Waals surface area contributed by atoms with Gasteiger partial charge >= 0.3 is 7.82 Å². The third-order valence-corrected chi connectivity index (χ3v) is 10.8. The van der Waals surface area contributed by atoms with E-state index in [2.05, 4.69) is 17.0 Å². The topological polar surface area (TPSA) is 174 Å². The number of benzene rings is 1. The van der Waals surface area contributed by atoms with Gasteiger partial charge in [-0.05, 0) is 49.2 Å². The number of aliphatic hydroxyl groups excluding tert-OH is 1. The molecular weight excluding hydrogens is 700 g/mol. The first kappa shape index (κ1) is 42.8. The van der Waals surface area contributed by atoms with Gasteiger partial charge in [0.25, 0.3) is 0 Å². The maximum atomic E-state index is 14.1. The van der Waals surface area contributed by atoms with Gasteiger partial charge in [-0.15, -0.1) is 0 Å². The lowest BCUT2D eigenvalue weighted by atomic mass is 10.0. The van der Waals surface area contributed by atoms with Gasteiger partial charge in [-0.2, -0.15) is 10.4 Å². The third-order valence-electron chi connectivity index (χ3n) is 9.86. The van der Waals surface area contributed by atoms with Crippen LogP contribution in [0.4, 0.5) is 10.2 Å². The number of hydrogen-bond donors (Lipinski definition) is 3. The van der Waals surface area contributed by atoms with Crippen molar-refractivity contribution in [3.05, 3.63) is 59.3 Å². The van der Waals surface area contributed by atoms with Crippen molar-refractivity contribution < 1.29 is 37.5 Å². The lowest BCUT2D eigenvalue weighted by Crippen LogP contribution is -2.30. The van der Waals surface area contributed by atoms with Crippen molar-refractivity contribution in [1.82, 2.24) is 14.6 Å². The standard InChI is InChI=1S/C39H59FN5O7P/c1-3-4-5-6-7-8-9-10-11-12-13-14-15-16-17-18-33(49-26-31-21-30(25-41)22-32(40)23-31)27-50-53(47,48)51-28-39(2)24-36(46)37(52-39)34-19-20-35-38(42)43-29-44-45(34)35/h19-23,29,33,36-37,46H,3-18,24,26-28H2,1-2H3,(H,47,48)(H2,42,43,44)/t33?,36-,37+,39+/m1/s1. The van der Waals surface area contributed by atoms with Crippen molar-refractivity contribution in [2.75, 3.05) is 18.9 Å². The van der Waals surface area contributed by atoms with Gasteiger partial charge in [0.2, 0.25) is 0 Å². The molecule has 4 N–H and O–H groups in total. The van der Waals surface area contributed by atoms with E-state index in [0.29, 0.717) is 23.2 Å². The van der Waals surface area contributed by atoms with Crippen LogP contribution in [-0.2, 0) is 29.7 Å². The van der Waals surface area contributed by atoms with Gasteiger partial charge in [0.15, 0.2) is 5.82 Å². The van der Waals surface area contributed by atoms with Crippen LogP contribution in [-0.4, -0.2) is 55.6 Å². The summed E-state index contributed by atoms with van der Waals surface area (Å²) in [5.74, 6) is -0.253. The molecule has 12 nitrogen and oxygen atoms in total. The van der Waals surface area contributed by atoms with Crippen LogP contribution < -0.4 is 5.73 Å². The van der Waals surface area contributed by atoms with Gasteiger partial charge < -0.3 is 25.2 Å². The minimum Gasteiger partial charge on any atom is -0.390 e. The lowest BCUT2D eigenvalue weighted by molar-refractivity contribution is -0.0737. The van der Waals surface area contributed by atoms with Crippen molar-refractivity contribution in [3.63, 3.8) is 0 Å². The molecule has 0 amide bonds. The summed E-state index contributed by atoms with van der Waals surface area (Å²) >= 11 is 0. The second-order valence-electron chi connectivity index (χ2n) is 14.6. The molecule has 4 rings (SSSR count). The number of nitriles is 1. The normalized spacial score (nSPS) is 20.5. The first-order valence-corrected chi connectivity index (χ1v) is 20.9. The number of rotatable bonds is 26. The highest BCUT2D eigenvalue weighted by molar-refractivity contribution is 7.47. The van der Waals surface area contributed by atoms with E-state index >= 15 is 0 Å². The Morgan fingerprint density at radius 2 is 1.68 bits per heavy atom. The van der Waals surface area contributed by atoms with E-state index in [-0.39, 0.29) is 37.6 Å². The largest absolute Gasteiger partial charge is 0.472 e. The lowest BCUT2D eigenvalue weighted by Gasteiger charge is -2.26. The highest BCUT2D eigenvalue weighted by Crippen LogP contribution is 2.47. The average Bonchev–Trinajstić information content (AvgIpc) is 3.70. The van der Waals surface area contributed by atoms with Crippen LogP contribution in [0.1, 0.15) is 146 Å². The second-order valence-corrected chi connectivity index (χ2v) is 16.1. The molecule has 14 heteroatoms. The number of unbranched alkanes of at least 4 members (excludes halogenated alkanes) is 14. The predicted octanol–water partition coefficient (Wildman–Crippen LogP) is 8.88. The smallest absolute Gasteiger partial charge is 0.390 e. The number of phosphoric ester groups is 1. The molecule has 1 aliphatic heterocycles. The van der Waals surface area contributed by atoms with Crippen LogP contribution in [0.25, 0.3) is 5.52 Å². The van der Waals surface area contributed by atoms with Gasteiger partial charge in [0, 0.05) is 6.42 Å². The number of aromatic nitrogens is 3. The van der Waals surface area contributed by atoms with Crippen molar-refractivity contribution in [1.29, 1.82) is 5.26 Å². The molecule has 2 aromatic heterocycles. The summed E-state index contributed by atoms with van der Waals surface area (Å²) in [4.78, 5) is 14.6. The Morgan fingerprint density at radius 3 is 2.32 bits per heavy atom. The highest BCUT2D eigenvalue weighted by Gasteiger charge is 2.46. The molecule has 294 valence electrons. The second kappa shape index (κ2) is 21.8. The fraction of sp³-hybridized carbons (Fsp3) is 0.667. The van der Waals surface area contributed by atoms with Gasteiger partial charge in [-0.25, -0.2) is 18.5 Å². The zero-order valence-corrected chi connectivity index (χ0v) is 32.4. The van der Waals surface area contributed by atoms with Crippen molar-refractivity contribution >= 4 is 19.2 Å². The number of phosphoric acid groups is 1. The predicted molar refractivity (Wildman–Crippen MR) is 201 cm³/mol. The summed E-state index contributed by atoms with van der Waals surface area (Å²) in [6, 6.07) is 9.42. The van der Waals surface area contributed by atoms with E-state index in [1.807, 2.05) is 6.07 Å². The molecule has 3 heterocycles. The molecule has 1 saturated heterocycles. The van der Waals surface area contributed by atoms with E-state index in [4.69, 9.17) is 24.3 Å². The van der Waals surface area contributed by atoms with Crippen molar-refractivity contribution in [2.45, 2.75) is 154 Å². The third kappa shape index (κ3) is 14.3. The van der Waals surface area contributed by atoms with Crippen LogP contribution in [0.15, 0.2) is 36.7 Å². The molecule has 0 saturated carbocycles. The SMILES string of the molecule is CCCCCCCCCCCCCCCCCC(COP(=O)(O)OC[C@]1(C)C[C@@H](O)[C@H](c2ccc3c(N)ncnn23)O1)OCc1cc(F)cc(C#N)c1. The summed E-state index contributed by atoms with van der Waals surface area (Å²) in [7, 11) is -4.56. The van der Waals surface area contributed by atoms with Crippen LogP contribution >= 0.6 is 7.82 Å². The summed E-state index contributed by atoms with van der Waals surface area (Å²) in [6.45, 7) is 3.39. The zero-order chi connectivity index (χ0) is 38.1. The van der Waals surface area contributed by atoms with Crippen LogP contribution in [0.5, 0.6) is 0 Å². The Hall–Kier alpha value is -2.95. The molecule has 3 aromatic rings. The van der Waals surface area contributed by atoms with Crippen LogP contribution in [0.2, 0.25) is 0 Å². The Labute approximate surface area is 313 Å². The molecular formula is C39H59FN5O7P. The molecule has 1 fully saturated rings. The van der Waals surface area contributed by atoms with Crippen LogP contribution in [0.3, 0.4) is 0 Å². The van der Waals surface area contributed by atoms with Crippen molar-refractivity contribution in [2.24, 2.45) is 0 Å². The number of nitrogens with two attached hydrogens (primary N) is 1. The molecule has 0 radical (unpaired) electrons. The van der Waals surface area contributed by atoms with E-state index in [1.165, 1.54) is 83.0 Å². The average molecular weight is 760 g/mol. The summed E-state index contributed by atoms with van der Waals surface area (Å²) in [5, 5.41) is 24.3. The Bertz CT molecular complexity index is 1640. The van der Waals surface area contributed by atoms with Gasteiger partial charge in [-0.3, -0.25) is 9.05 Å². The summed E-state index contributed by atoms with van der Waals surface area (Å²) < 4.78 is 51.7. The number of hydrogen-bond acceptors (Lipinski definition) is 10. The molecule has 1 aromatic carbocycles. The van der Waals surface area contributed by atoms with E-state index in [9.17, 15) is 24.2 Å². The first-order valence-electron chi connectivity index (χ1n) is 19.4. The van der Waals surface area contributed by atoms with Gasteiger partial charge in [0.1, 0.15) is 23.8 Å². The highest BCUT2D eigenvalue weighted by atomic mass is 31.2. The van der Waals surface area contributed by atoms with Gasteiger partial charge in [-0.1, -0.05) is 103 Å². The molecule has 5 atom stereocenters. The monoisotopic (exact) mass is 759 g/mol. The number of ether oxygens (including phenoxy) is 2. The molecule has 0 aliphatic carbocycles. The number of halogens is 1. The molecule has 1 aliphatic rings. The summed E-state index contributed by atoms with van der Waals surface area (Å²) in [6.07, 6.45) is 18.3. The molecule has 53 heavy (non-hydrogen) atoms. The zero-order valence-electron chi connectivity index (χ0n) is 31.5. The Balaban J connectivity index is 1.21. The number of aliphatic hydroxyl groups is 1. The number of fused-ring (bicyclic) bond motifs is 1. The first-order chi connectivity index (χ1) is 25.5. The molecule has 0 spiro atoms. The fourth-order valence-corrected chi connectivity index (χ4v) is 7.79. The minimum absolute atomic E-state index is 0.00592. The van der Waals surface area contributed by atoms with E-state index in [0.717, 1.165) is 31.7 Å².